The molecule has 2 atom stereocenters. The summed E-state index contributed by atoms with van der Waals surface area (Å²) in [7, 11) is 0. The number of piperidine rings is 1. The highest BCUT2D eigenvalue weighted by Gasteiger charge is 2.28. The van der Waals surface area contributed by atoms with E-state index in [4.69, 9.17) is 0 Å². The third kappa shape index (κ3) is 4.64. The second-order valence-corrected chi connectivity index (χ2v) is 5.19. The van der Waals surface area contributed by atoms with E-state index in [1.54, 1.807) is 0 Å². The topological polar surface area (TPSA) is 52.6 Å². The standard InChI is InChI=1S/C13H26N2O2/c1-4-11(16)7-9-15-8-5-6-12(13(15)17)14-10(2)3/h10-12,14,16H,4-9H2,1-3H3. The SMILES string of the molecule is CCC(O)CCN1CCCC(NC(C)C)C1=O. The minimum absolute atomic E-state index is 0.0254. The maximum absolute atomic E-state index is 12.1. The average Bonchev–Trinajstić information content (AvgIpc) is 2.29. The zero-order valence-corrected chi connectivity index (χ0v) is 11.3. The third-order valence-electron chi connectivity index (χ3n) is 3.27. The van der Waals surface area contributed by atoms with Crippen LogP contribution in [0.2, 0.25) is 0 Å². The van der Waals surface area contributed by atoms with Crippen LogP contribution in [0.1, 0.15) is 46.5 Å². The Balaban J connectivity index is 2.42. The Bertz CT molecular complexity index is 244. The maximum Gasteiger partial charge on any atom is 0.239 e. The van der Waals surface area contributed by atoms with Crippen molar-refractivity contribution in [3.8, 4) is 0 Å². The molecule has 100 valence electrons. The van der Waals surface area contributed by atoms with E-state index in [1.807, 2.05) is 11.8 Å². The Labute approximate surface area is 104 Å². The van der Waals surface area contributed by atoms with Crippen molar-refractivity contribution in [2.75, 3.05) is 13.1 Å². The summed E-state index contributed by atoms with van der Waals surface area (Å²) < 4.78 is 0. The van der Waals surface area contributed by atoms with Gasteiger partial charge in [0.1, 0.15) is 0 Å². The molecule has 17 heavy (non-hydrogen) atoms. The van der Waals surface area contributed by atoms with Crippen molar-refractivity contribution in [1.82, 2.24) is 10.2 Å². The van der Waals surface area contributed by atoms with Crippen LogP contribution < -0.4 is 5.32 Å². The number of carbonyl (C=O) groups is 1. The monoisotopic (exact) mass is 242 g/mol. The number of carbonyl (C=O) groups excluding carboxylic acids is 1. The summed E-state index contributed by atoms with van der Waals surface area (Å²) in [5.74, 6) is 0.202. The molecule has 2 N–H and O–H groups in total. The van der Waals surface area contributed by atoms with E-state index in [-0.39, 0.29) is 18.1 Å². The molecule has 1 amide bonds. The minimum atomic E-state index is -0.277. The Morgan fingerprint density at radius 2 is 2.24 bits per heavy atom. The maximum atomic E-state index is 12.1. The first-order chi connectivity index (χ1) is 8.04. The van der Waals surface area contributed by atoms with Crippen molar-refractivity contribution in [3.05, 3.63) is 0 Å². The van der Waals surface area contributed by atoms with E-state index in [0.717, 1.165) is 25.8 Å². The molecule has 4 nitrogen and oxygen atoms in total. The van der Waals surface area contributed by atoms with Crippen molar-refractivity contribution >= 4 is 5.91 Å². The molecular formula is C13H26N2O2. The lowest BCUT2D eigenvalue weighted by molar-refractivity contribution is -0.136. The Hall–Kier alpha value is -0.610. The van der Waals surface area contributed by atoms with Crippen LogP contribution in [-0.2, 0) is 4.79 Å². The third-order valence-corrected chi connectivity index (χ3v) is 3.27. The first-order valence-corrected chi connectivity index (χ1v) is 6.77. The van der Waals surface area contributed by atoms with Gasteiger partial charge in [-0.25, -0.2) is 0 Å². The fourth-order valence-electron chi connectivity index (χ4n) is 2.23. The highest BCUT2D eigenvalue weighted by molar-refractivity contribution is 5.82. The van der Waals surface area contributed by atoms with Gasteiger partial charge in [0.2, 0.25) is 5.91 Å². The van der Waals surface area contributed by atoms with Gasteiger partial charge in [-0.3, -0.25) is 4.79 Å². The average molecular weight is 242 g/mol. The van der Waals surface area contributed by atoms with Crippen LogP contribution in [0.4, 0.5) is 0 Å². The normalized spacial score (nSPS) is 23.2. The van der Waals surface area contributed by atoms with E-state index in [0.29, 0.717) is 19.0 Å². The van der Waals surface area contributed by atoms with Gasteiger partial charge in [-0.1, -0.05) is 20.8 Å². The quantitative estimate of drug-likeness (QED) is 0.734. The number of likely N-dealkylation sites (tertiary alicyclic amines) is 1. The van der Waals surface area contributed by atoms with Crippen LogP contribution in [0.25, 0.3) is 0 Å². The van der Waals surface area contributed by atoms with E-state index in [2.05, 4.69) is 19.2 Å². The predicted molar refractivity (Wildman–Crippen MR) is 68.8 cm³/mol. The lowest BCUT2D eigenvalue weighted by atomic mass is 10.0. The van der Waals surface area contributed by atoms with E-state index < -0.39 is 0 Å². The van der Waals surface area contributed by atoms with Gasteiger partial charge in [0.25, 0.3) is 0 Å². The first kappa shape index (κ1) is 14.5. The van der Waals surface area contributed by atoms with Crippen molar-refractivity contribution in [3.63, 3.8) is 0 Å². The first-order valence-electron chi connectivity index (χ1n) is 6.77. The van der Waals surface area contributed by atoms with Gasteiger partial charge in [-0.15, -0.1) is 0 Å². The summed E-state index contributed by atoms with van der Waals surface area (Å²) >= 11 is 0. The summed E-state index contributed by atoms with van der Waals surface area (Å²) in [4.78, 5) is 14.0. The fourth-order valence-corrected chi connectivity index (χ4v) is 2.23. The molecular weight excluding hydrogens is 216 g/mol. The molecule has 1 aliphatic rings. The fraction of sp³-hybridized carbons (Fsp3) is 0.923. The Morgan fingerprint density at radius 3 is 2.82 bits per heavy atom. The van der Waals surface area contributed by atoms with Gasteiger partial charge >= 0.3 is 0 Å². The Morgan fingerprint density at radius 1 is 1.53 bits per heavy atom. The lowest BCUT2D eigenvalue weighted by Crippen LogP contribution is -2.52. The smallest absolute Gasteiger partial charge is 0.239 e. The van der Waals surface area contributed by atoms with Crippen LogP contribution in [0.3, 0.4) is 0 Å². The number of hydrogen-bond acceptors (Lipinski definition) is 3. The van der Waals surface area contributed by atoms with Gasteiger partial charge in [-0.2, -0.15) is 0 Å². The largest absolute Gasteiger partial charge is 0.393 e. The van der Waals surface area contributed by atoms with E-state index >= 15 is 0 Å². The summed E-state index contributed by atoms with van der Waals surface area (Å²) in [5, 5.41) is 12.8. The molecule has 1 saturated heterocycles. The van der Waals surface area contributed by atoms with Crippen LogP contribution in [0.5, 0.6) is 0 Å². The number of aliphatic hydroxyl groups excluding tert-OH is 1. The van der Waals surface area contributed by atoms with Crippen molar-refractivity contribution in [2.24, 2.45) is 0 Å². The highest BCUT2D eigenvalue weighted by Crippen LogP contribution is 2.13. The molecule has 0 aliphatic carbocycles. The number of nitrogens with zero attached hydrogens (tertiary/aromatic N) is 1. The molecule has 0 bridgehead atoms. The zero-order chi connectivity index (χ0) is 12.8. The predicted octanol–water partition coefficient (Wildman–Crippen LogP) is 1.14. The van der Waals surface area contributed by atoms with E-state index in [9.17, 15) is 9.90 Å². The molecule has 1 aliphatic heterocycles. The molecule has 1 rings (SSSR count). The minimum Gasteiger partial charge on any atom is -0.393 e. The van der Waals surface area contributed by atoms with Crippen molar-refractivity contribution < 1.29 is 9.90 Å². The zero-order valence-electron chi connectivity index (χ0n) is 11.3. The molecule has 0 aromatic carbocycles. The molecule has 0 saturated carbocycles. The van der Waals surface area contributed by atoms with Gasteiger partial charge in [0.05, 0.1) is 12.1 Å². The van der Waals surface area contributed by atoms with Crippen LogP contribution in [0.15, 0.2) is 0 Å². The molecule has 2 unspecified atom stereocenters. The second-order valence-electron chi connectivity index (χ2n) is 5.19. The number of amides is 1. The summed E-state index contributed by atoms with van der Waals surface area (Å²) in [5.41, 5.74) is 0. The summed E-state index contributed by atoms with van der Waals surface area (Å²) in [6.07, 6.45) is 3.16. The van der Waals surface area contributed by atoms with Crippen LogP contribution in [0, 0.1) is 0 Å². The molecule has 1 heterocycles. The van der Waals surface area contributed by atoms with Gasteiger partial charge in [0.15, 0.2) is 0 Å². The molecule has 0 aromatic rings. The van der Waals surface area contributed by atoms with Crippen LogP contribution >= 0.6 is 0 Å². The number of rotatable bonds is 6. The van der Waals surface area contributed by atoms with Crippen molar-refractivity contribution in [1.29, 1.82) is 0 Å². The number of hydrogen-bond donors (Lipinski definition) is 2. The molecule has 1 fully saturated rings. The highest BCUT2D eigenvalue weighted by atomic mass is 16.3. The summed E-state index contributed by atoms with van der Waals surface area (Å²) in [6.45, 7) is 7.61. The number of aliphatic hydroxyl groups is 1. The van der Waals surface area contributed by atoms with Crippen LogP contribution in [-0.4, -0.2) is 47.2 Å². The molecule has 4 heteroatoms. The van der Waals surface area contributed by atoms with Gasteiger partial charge in [-0.05, 0) is 25.7 Å². The second kappa shape index (κ2) is 6.97. The molecule has 0 radical (unpaired) electrons. The Kier molecular flexibility index (Phi) is 5.92. The van der Waals surface area contributed by atoms with Gasteiger partial charge in [0, 0.05) is 19.1 Å². The van der Waals surface area contributed by atoms with Crippen molar-refractivity contribution in [2.45, 2.75) is 64.6 Å². The van der Waals surface area contributed by atoms with E-state index in [1.165, 1.54) is 0 Å². The molecule has 0 spiro atoms. The lowest BCUT2D eigenvalue weighted by Gasteiger charge is -2.34. The summed E-state index contributed by atoms with van der Waals surface area (Å²) in [6, 6.07) is 0.313. The van der Waals surface area contributed by atoms with Gasteiger partial charge < -0.3 is 15.3 Å². The number of nitrogens with one attached hydrogen (secondary N) is 1. The molecule has 0 aromatic heterocycles.